The van der Waals surface area contributed by atoms with Gasteiger partial charge in [0.2, 0.25) is 0 Å². The summed E-state index contributed by atoms with van der Waals surface area (Å²) in [5, 5.41) is 7.75. The monoisotopic (exact) mass is 336 g/mol. The average Bonchev–Trinajstić information content (AvgIpc) is 2.70. The molecule has 2 aliphatic heterocycles. The van der Waals surface area contributed by atoms with E-state index < -0.39 is 0 Å². The third kappa shape index (κ3) is 3.19. The SMILES string of the molecule is COc1ccccc1C1CCC2(CCCNC2c2ccccc2)NC1. The average molecular weight is 336 g/mol. The Labute approximate surface area is 150 Å². The molecule has 2 N–H and O–H groups in total. The van der Waals surface area contributed by atoms with Crippen molar-refractivity contribution in [1.29, 1.82) is 0 Å². The summed E-state index contributed by atoms with van der Waals surface area (Å²) < 4.78 is 5.59. The fraction of sp³-hybridized carbons (Fsp3) is 0.455. The summed E-state index contributed by atoms with van der Waals surface area (Å²) in [4.78, 5) is 0. The lowest BCUT2D eigenvalue weighted by Crippen LogP contribution is -2.60. The molecule has 25 heavy (non-hydrogen) atoms. The predicted molar refractivity (Wildman–Crippen MR) is 102 cm³/mol. The van der Waals surface area contributed by atoms with Gasteiger partial charge in [0.1, 0.15) is 5.75 Å². The first-order valence-electron chi connectivity index (χ1n) is 9.49. The maximum absolute atomic E-state index is 5.59. The van der Waals surface area contributed by atoms with E-state index in [9.17, 15) is 0 Å². The summed E-state index contributed by atoms with van der Waals surface area (Å²) in [6.45, 7) is 2.13. The van der Waals surface area contributed by atoms with Crippen molar-refractivity contribution in [2.75, 3.05) is 20.2 Å². The molecule has 2 aromatic rings. The van der Waals surface area contributed by atoms with Crippen LogP contribution >= 0.6 is 0 Å². The Kier molecular flexibility index (Phi) is 4.78. The Balaban J connectivity index is 1.54. The van der Waals surface area contributed by atoms with Gasteiger partial charge >= 0.3 is 0 Å². The minimum Gasteiger partial charge on any atom is -0.496 e. The van der Waals surface area contributed by atoms with Crippen LogP contribution in [0, 0.1) is 0 Å². The van der Waals surface area contributed by atoms with Crippen molar-refractivity contribution in [3.63, 3.8) is 0 Å². The molecule has 2 aliphatic rings. The van der Waals surface area contributed by atoms with Crippen molar-refractivity contribution in [2.45, 2.75) is 43.2 Å². The first-order valence-corrected chi connectivity index (χ1v) is 9.49. The summed E-state index contributed by atoms with van der Waals surface area (Å²) in [7, 11) is 1.77. The molecule has 2 aromatic carbocycles. The number of para-hydroxylation sites is 1. The number of hydrogen-bond acceptors (Lipinski definition) is 3. The van der Waals surface area contributed by atoms with Gasteiger partial charge < -0.3 is 15.4 Å². The minimum atomic E-state index is 0.179. The Morgan fingerprint density at radius 1 is 1.00 bits per heavy atom. The topological polar surface area (TPSA) is 33.3 Å². The number of hydrogen-bond donors (Lipinski definition) is 2. The van der Waals surface area contributed by atoms with E-state index in [1.165, 1.54) is 36.8 Å². The Bertz CT molecular complexity index is 692. The molecule has 0 aliphatic carbocycles. The fourth-order valence-electron chi connectivity index (χ4n) is 4.75. The molecule has 0 aromatic heterocycles. The van der Waals surface area contributed by atoms with Gasteiger partial charge in [0.05, 0.1) is 13.2 Å². The van der Waals surface area contributed by atoms with Crippen LogP contribution in [0.2, 0.25) is 0 Å². The molecule has 3 nitrogen and oxygen atoms in total. The third-order valence-electron chi connectivity index (χ3n) is 6.05. The quantitative estimate of drug-likeness (QED) is 0.888. The van der Waals surface area contributed by atoms with Gasteiger partial charge in [0.15, 0.2) is 0 Å². The fourth-order valence-corrected chi connectivity index (χ4v) is 4.75. The summed E-state index contributed by atoms with van der Waals surface area (Å²) in [5.41, 5.74) is 2.93. The molecule has 0 bridgehead atoms. The van der Waals surface area contributed by atoms with Crippen LogP contribution in [0.1, 0.15) is 48.8 Å². The van der Waals surface area contributed by atoms with E-state index in [0.29, 0.717) is 12.0 Å². The molecular weight excluding hydrogens is 308 g/mol. The number of ether oxygens (including phenoxy) is 1. The summed E-state index contributed by atoms with van der Waals surface area (Å²) in [6.07, 6.45) is 4.90. The molecule has 3 atom stereocenters. The molecule has 4 rings (SSSR count). The Morgan fingerprint density at radius 2 is 1.80 bits per heavy atom. The second-order valence-corrected chi connectivity index (χ2v) is 7.42. The van der Waals surface area contributed by atoms with E-state index in [0.717, 1.165) is 18.8 Å². The van der Waals surface area contributed by atoms with E-state index >= 15 is 0 Å². The van der Waals surface area contributed by atoms with Crippen molar-refractivity contribution >= 4 is 0 Å². The number of benzene rings is 2. The lowest BCUT2D eigenvalue weighted by Gasteiger charge is -2.50. The molecule has 132 valence electrons. The highest BCUT2D eigenvalue weighted by Gasteiger charge is 2.44. The van der Waals surface area contributed by atoms with Gasteiger partial charge in [-0.2, -0.15) is 0 Å². The van der Waals surface area contributed by atoms with Crippen LogP contribution in [0.25, 0.3) is 0 Å². The van der Waals surface area contributed by atoms with Crippen molar-refractivity contribution in [1.82, 2.24) is 10.6 Å². The number of piperidine rings is 2. The molecule has 2 fully saturated rings. The third-order valence-corrected chi connectivity index (χ3v) is 6.05. The second kappa shape index (κ2) is 7.19. The van der Waals surface area contributed by atoms with Gasteiger partial charge in [0.25, 0.3) is 0 Å². The van der Waals surface area contributed by atoms with Crippen molar-refractivity contribution in [3.8, 4) is 5.75 Å². The second-order valence-electron chi connectivity index (χ2n) is 7.42. The molecule has 1 spiro atoms. The van der Waals surface area contributed by atoms with Gasteiger partial charge in [-0.3, -0.25) is 0 Å². The van der Waals surface area contributed by atoms with Gasteiger partial charge in [-0.05, 0) is 49.4 Å². The van der Waals surface area contributed by atoms with Gasteiger partial charge in [-0.25, -0.2) is 0 Å². The molecular formula is C22H28N2O. The predicted octanol–water partition coefficient (Wildman–Crippen LogP) is 4.03. The molecule has 0 radical (unpaired) electrons. The van der Waals surface area contributed by atoms with E-state index in [4.69, 9.17) is 4.74 Å². The Morgan fingerprint density at radius 3 is 2.56 bits per heavy atom. The number of rotatable bonds is 3. The van der Waals surface area contributed by atoms with Crippen LogP contribution in [0.15, 0.2) is 54.6 Å². The molecule has 2 heterocycles. The van der Waals surface area contributed by atoms with E-state index in [-0.39, 0.29) is 5.54 Å². The first-order chi connectivity index (χ1) is 12.3. The molecule has 3 heteroatoms. The maximum Gasteiger partial charge on any atom is 0.122 e. The highest BCUT2D eigenvalue weighted by atomic mass is 16.5. The zero-order chi connectivity index (χ0) is 17.1. The lowest BCUT2D eigenvalue weighted by atomic mass is 9.71. The van der Waals surface area contributed by atoms with Crippen LogP contribution < -0.4 is 15.4 Å². The largest absolute Gasteiger partial charge is 0.496 e. The zero-order valence-electron chi connectivity index (χ0n) is 15.0. The van der Waals surface area contributed by atoms with Crippen molar-refractivity contribution < 1.29 is 4.74 Å². The smallest absolute Gasteiger partial charge is 0.122 e. The number of methoxy groups -OCH3 is 1. The van der Waals surface area contributed by atoms with E-state index in [2.05, 4.69) is 65.2 Å². The molecule has 2 saturated heterocycles. The zero-order valence-corrected chi connectivity index (χ0v) is 15.0. The van der Waals surface area contributed by atoms with E-state index in [1.807, 2.05) is 0 Å². The highest BCUT2D eigenvalue weighted by molar-refractivity contribution is 5.37. The molecule has 3 unspecified atom stereocenters. The summed E-state index contributed by atoms with van der Waals surface area (Å²) >= 11 is 0. The summed E-state index contributed by atoms with van der Waals surface area (Å²) in [6, 6.07) is 19.8. The van der Waals surface area contributed by atoms with Crippen molar-refractivity contribution in [2.24, 2.45) is 0 Å². The van der Waals surface area contributed by atoms with Crippen molar-refractivity contribution in [3.05, 3.63) is 65.7 Å². The maximum atomic E-state index is 5.59. The normalized spacial score (nSPS) is 29.5. The van der Waals surface area contributed by atoms with Gasteiger partial charge in [-0.1, -0.05) is 48.5 Å². The lowest BCUT2D eigenvalue weighted by molar-refractivity contribution is 0.131. The minimum absolute atomic E-state index is 0.179. The van der Waals surface area contributed by atoms with Crippen LogP contribution in [0.5, 0.6) is 5.75 Å². The molecule has 0 saturated carbocycles. The Hall–Kier alpha value is -1.84. The van der Waals surface area contributed by atoms with Gasteiger partial charge in [0, 0.05) is 18.0 Å². The van der Waals surface area contributed by atoms with Gasteiger partial charge in [-0.15, -0.1) is 0 Å². The van der Waals surface area contributed by atoms with E-state index in [1.54, 1.807) is 7.11 Å². The van der Waals surface area contributed by atoms with Crippen LogP contribution in [-0.4, -0.2) is 25.7 Å². The standard InChI is InChI=1S/C22H28N2O/c1-25-20-11-6-5-10-19(20)18-12-14-22(24-16-18)13-7-15-23-21(22)17-8-3-2-4-9-17/h2-6,8-11,18,21,23-24H,7,12-16H2,1H3. The number of nitrogens with one attached hydrogen (secondary N) is 2. The first kappa shape index (κ1) is 16.6. The highest BCUT2D eigenvalue weighted by Crippen LogP contribution is 2.43. The molecule has 0 amide bonds. The summed E-state index contributed by atoms with van der Waals surface area (Å²) in [5.74, 6) is 1.55. The van der Waals surface area contributed by atoms with Crippen LogP contribution in [0.3, 0.4) is 0 Å². The van der Waals surface area contributed by atoms with Crippen LogP contribution in [-0.2, 0) is 0 Å². The van der Waals surface area contributed by atoms with Crippen LogP contribution in [0.4, 0.5) is 0 Å².